The number of nitrogens with zero attached hydrogens (tertiary/aromatic N) is 1. The van der Waals surface area contributed by atoms with Gasteiger partial charge in [-0.1, -0.05) is 30.3 Å². The van der Waals surface area contributed by atoms with Crippen LogP contribution in [0.15, 0.2) is 59.4 Å². The second-order valence-corrected chi connectivity index (χ2v) is 5.67. The predicted molar refractivity (Wildman–Crippen MR) is 91.2 cm³/mol. The molecule has 0 atom stereocenters. The van der Waals surface area contributed by atoms with Crippen LogP contribution in [0.1, 0.15) is 11.3 Å². The van der Waals surface area contributed by atoms with E-state index in [2.05, 4.69) is 5.32 Å². The fraction of sp³-hybridized carbons (Fsp3) is 0.158. The summed E-state index contributed by atoms with van der Waals surface area (Å²) in [4.78, 5) is 24.7. The van der Waals surface area contributed by atoms with Crippen molar-refractivity contribution in [3.05, 3.63) is 82.0 Å². The first-order chi connectivity index (χ1) is 11.5. The Bertz CT molecular complexity index is 946. The number of carbonyl (C=O) groups is 1. The lowest BCUT2D eigenvalue weighted by Crippen LogP contribution is -2.33. The van der Waals surface area contributed by atoms with E-state index in [1.54, 1.807) is 31.2 Å². The van der Waals surface area contributed by atoms with E-state index in [1.807, 2.05) is 18.2 Å². The Kier molecular flexibility index (Phi) is 4.42. The quantitative estimate of drug-likeness (QED) is 0.802. The molecule has 3 aromatic rings. The van der Waals surface area contributed by atoms with Gasteiger partial charge in [0.2, 0.25) is 5.91 Å². The number of fused-ring (bicyclic) bond motifs is 1. The van der Waals surface area contributed by atoms with Gasteiger partial charge in [-0.15, -0.1) is 0 Å². The summed E-state index contributed by atoms with van der Waals surface area (Å²) in [5, 5.41) is 4.20. The number of amides is 1. The van der Waals surface area contributed by atoms with Crippen LogP contribution in [-0.4, -0.2) is 10.5 Å². The normalized spacial score (nSPS) is 10.8. The molecule has 0 radical (unpaired) electrons. The monoisotopic (exact) mass is 324 g/mol. The molecule has 0 fully saturated rings. The van der Waals surface area contributed by atoms with Crippen LogP contribution in [0.25, 0.3) is 10.8 Å². The minimum atomic E-state index is -0.316. The molecule has 1 aromatic heterocycles. The predicted octanol–water partition coefficient (Wildman–Crippen LogP) is 2.77. The fourth-order valence-electron chi connectivity index (χ4n) is 2.63. The molecule has 0 bridgehead atoms. The highest BCUT2D eigenvalue weighted by Gasteiger charge is 2.10. The first-order valence-corrected chi connectivity index (χ1v) is 7.65. The number of halogens is 1. The van der Waals surface area contributed by atoms with Crippen molar-refractivity contribution < 1.29 is 9.18 Å². The van der Waals surface area contributed by atoms with Crippen molar-refractivity contribution in [2.75, 3.05) is 0 Å². The fourth-order valence-corrected chi connectivity index (χ4v) is 2.63. The van der Waals surface area contributed by atoms with Crippen LogP contribution in [-0.2, 0) is 17.9 Å². The molecule has 3 rings (SSSR count). The molecular formula is C19H17FN2O2. The van der Waals surface area contributed by atoms with E-state index in [0.717, 1.165) is 16.6 Å². The average molecular weight is 324 g/mol. The number of rotatable bonds is 4. The molecule has 1 heterocycles. The molecule has 0 saturated carbocycles. The summed E-state index contributed by atoms with van der Waals surface area (Å²) < 4.78 is 14.3. The van der Waals surface area contributed by atoms with Gasteiger partial charge >= 0.3 is 0 Å². The molecule has 5 heteroatoms. The Morgan fingerprint density at radius 2 is 1.83 bits per heavy atom. The molecule has 0 aliphatic heterocycles. The number of carbonyl (C=O) groups excluding carboxylic acids is 1. The Morgan fingerprint density at radius 3 is 2.58 bits per heavy atom. The topological polar surface area (TPSA) is 51.1 Å². The first kappa shape index (κ1) is 15.9. The largest absolute Gasteiger partial charge is 0.350 e. The summed E-state index contributed by atoms with van der Waals surface area (Å²) in [7, 11) is 0. The van der Waals surface area contributed by atoms with Gasteiger partial charge in [-0.2, -0.15) is 0 Å². The maximum atomic E-state index is 12.9. The van der Waals surface area contributed by atoms with Crippen LogP contribution in [0.2, 0.25) is 0 Å². The number of pyridine rings is 1. The number of nitrogens with one attached hydrogen (secondary N) is 1. The van der Waals surface area contributed by atoms with Gasteiger partial charge in [0.1, 0.15) is 12.4 Å². The van der Waals surface area contributed by atoms with Gasteiger partial charge in [0.25, 0.3) is 5.56 Å². The van der Waals surface area contributed by atoms with Crippen molar-refractivity contribution in [2.45, 2.75) is 20.0 Å². The van der Waals surface area contributed by atoms with E-state index in [-0.39, 0.29) is 23.8 Å². The van der Waals surface area contributed by atoms with Crippen molar-refractivity contribution in [3.8, 4) is 0 Å². The summed E-state index contributed by atoms with van der Waals surface area (Å²) in [5.74, 6) is -0.580. The van der Waals surface area contributed by atoms with Crippen molar-refractivity contribution >= 4 is 16.7 Å². The number of hydrogen-bond acceptors (Lipinski definition) is 2. The van der Waals surface area contributed by atoms with Crippen LogP contribution in [0.4, 0.5) is 4.39 Å². The SMILES string of the molecule is Cc1cc2ccccc2c(=O)n1CC(=O)NCc1ccc(F)cc1. The molecule has 0 aliphatic carbocycles. The van der Waals surface area contributed by atoms with Crippen molar-refractivity contribution in [3.63, 3.8) is 0 Å². The smallest absolute Gasteiger partial charge is 0.259 e. The average Bonchev–Trinajstić information content (AvgIpc) is 2.58. The molecule has 0 spiro atoms. The second kappa shape index (κ2) is 6.66. The van der Waals surface area contributed by atoms with Gasteiger partial charge < -0.3 is 9.88 Å². The molecule has 0 unspecified atom stereocenters. The highest BCUT2D eigenvalue weighted by molar-refractivity contribution is 5.82. The number of aryl methyl sites for hydroxylation is 1. The van der Waals surface area contributed by atoms with E-state index in [4.69, 9.17) is 0 Å². The van der Waals surface area contributed by atoms with Crippen LogP contribution >= 0.6 is 0 Å². The highest BCUT2D eigenvalue weighted by atomic mass is 19.1. The first-order valence-electron chi connectivity index (χ1n) is 7.65. The standard InChI is InChI=1S/C19H17FN2O2/c1-13-10-15-4-2-3-5-17(15)19(24)22(13)12-18(23)21-11-14-6-8-16(20)9-7-14/h2-10H,11-12H2,1H3,(H,21,23). The molecule has 0 saturated heterocycles. The summed E-state index contributed by atoms with van der Waals surface area (Å²) in [5.41, 5.74) is 1.35. The minimum Gasteiger partial charge on any atom is -0.350 e. The Morgan fingerprint density at radius 1 is 1.12 bits per heavy atom. The maximum Gasteiger partial charge on any atom is 0.259 e. The molecule has 4 nitrogen and oxygen atoms in total. The third-order valence-electron chi connectivity index (χ3n) is 3.93. The van der Waals surface area contributed by atoms with E-state index in [9.17, 15) is 14.0 Å². The number of aromatic nitrogens is 1. The molecule has 122 valence electrons. The zero-order valence-electron chi connectivity index (χ0n) is 13.3. The zero-order chi connectivity index (χ0) is 17.1. The summed E-state index contributed by atoms with van der Waals surface area (Å²) >= 11 is 0. The molecule has 2 aromatic carbocycles. The van der Waals surface area contributed by atoms with E-state index >= 15 is 0 Å². The Labute approximate surface area is 138 Å². The lowest BCUT2D eigenvalue weighted by molar-refractivity contribution is -0.121. The zero-order valence-corrected chi connectivity index (χ0v) is 13.3. The molecular weight excluding hydrogens is 307 g/mol. The molecule has 0 aliphatic rings. The molecule has 24 heavy (non-hydrogen) atoms. The minimum absolute atomic E-state index is 0.0449. The molecule has 1 N–H and O–H groups in total. The Balaban J connectivity index is 1.75. The Hall–Kier alpha value is -2.95. The van der Waals surface area contributed by atoms with Gasteiger partial charge in [0.15, 0.2) is 0 Å². The van der Waals surface area contributed by atoms with Gasteiger partial charge in [0, 0.05) is 17.6 Å². The van der Waals surface area contributed by atoms with E-state index < -0.39 is 0 Å². The van der Waals surface area contributed by atoms with Gasteiger partial charge in [-0.25, -0.2) is 4.39 Å². The molecule has 1 amide bonds. The van der Waals surface area contributed by atoms with E-state index in [0.29, 0.717) is 11.9 Å². The summed E-state index contributed by atoms with van der Waals surface area (Å²) in [6.07, 6.45) is 0. The van der Waals surface area contributed by atoms with Gasteiger partial charge in [-0.05, 0) is 42.1 Å². The van der Waals surface area contributed by atoms with Gasteiger partial charge in [0.05, 0.1) is 0 Å². The van der Waals surface area contributed by atoms with Crippen molar-refractivity contribution in [1.82, 2.24) is 9.88 Å². The van der Waals surface area contributed by atoms with Crippen LogP contribution in [0.3, 0.4) is 0 Å². The lowest BCUT2D eigenvalue weighted by atomic mass is 10.1. The maximum absolute atomic E-state index is 12.9. The highest BCUT2D eigenvalue weighted by Crippen LogP contribution is 2.11. The summed E-state index contributed by atoms with van der Waals surface area (Å²) in [6, 6.07) is 15.1. The summed E-state index contributed by atoms with van der Waals surface area (Å²) in [6.45, 7) is 2.05. The third kappa shape index (κ3) is 3.35. The van der Waals surface area contributed by atoms with Crippen molar-refractivity contribution in [2.24, 2.45) is 0 Å². The lowest BCUT2D eigenvalue weighted by Gasteiger charge is -2.12. The number of benzene rings is 2. The van der Waals surface area contributed by atoms with Crippen LogP contribution < -0.4 is 10.9 Å². The van der Waals surface area contributed by atoms with Crippen molar-refractivity contribution in [1.29, 1.82) is 0 Å². The van der Waals surface area contributed by atoms with Crippen LogP contribution in [0, 0.1) is 12.7 Å². The van der Waals surface area contributed by atoms with Crippen LogP contribution in [0.5, 0.6) is 0 Å². The number of hydrogen-bond donors (Lipinski definition) is 1. The second-order valence-electron chi connectivity index (χ2n) is 5.67. The van der Waals surface area contributed by atoms with Gasteiger partial charge in [-0.3, -0.25) is 9.59 Å². The third-order valence-corrected chi connectivity index (χ3v) is 3.93. The van der Waals surface area contributed by atoms with E-state index in [1.165, 1.54) is 16.7 Å².